The van der Waals surface area contributed by atoms with Crippen molar-refractivity contribution in [3.8, 4) is 0 Å². The summed E-state index contributed by atoms with van der Waals surface area (Å²) < 4.78 is 7.66. The molecule has 0 aliphatic carbocycles. The van der Waals surface area contributed by atoms with Crippen molar-refractivity contribution in [2.45, 2.75) is 40.1 Å². The molecule has 0 aliphatic heterocycles. The van der Waals surface area contributed by atoms with Crippen LogP contribution in [0.3, 0.4) is 0 Å². The van der Waals surface area contributed by atoms with Crippen LogP contribution < -0.4 is 5.32 Å². The molecular formula is C16H23N3O. The Hall–Kier alpha value is -1.65. The number of aromatic nitrogens is 2. The molecule has 1 aromatic heterocycles. The molecule has 1 heterocycles. The minimum atomic E-state index is 0.679. The summed E-state index contributed by atoms with van der Waals surface area (Å²) >= 11 is 0. The molecule has 0 radical (unpaired) electrons. The second kappa shape index (κ2) is 7.82. The van der Waals surface area contributed by atoms with Crippen LogP contribution in [0.2, 0.25) is 0 Å². The molecule has 20 heavy (non-hydrogen) atoms. The minimum absolute atomic E-state index is 0.679. The fraction of sp³-hybridized carbons (Fsp3) is 0.438. The van der Waals surface area contributed by atoms with Crippen LogP contribution >= 0.6 is 0 Å². The van der Waals surface area contributed by atoms with Gasteiger partial charge in [0.1, 0.15) is 5.82 Å². The summed E-state index contributed by atoms with van der Waals surface area (Å²) in [5.41, 5.74) is 2.54. The van der Waals surface area contributed by atoms with E-state index in [-0.39, 0.29) is 0 Å². The number of aryl methyl sites for hydroxylation is 1. The van der Waals surface area contributed by atoms with Crippen LogP contribution in [0.4, 0.5) is 0 Å². The van der Waals surface area contributed by atoms with Gasteiger partial charge in [0.15, 0.2) is 0 Å². The van der Waals surface area contributed by atoms with Crippen molar-refractivity contribution in [2.24, 2.45) is 0 Å². The van der Waals surface area contributed by atoms with Crippen molar-refractivity contribution in [2.75, 3.05) is 6.61 Å². The molecule has 0 atom stereocenters. The number of nitrogens with zero attached hydrogens (tertiary/aromatic N) is 2. The zero-order chi connectivity index (χ0) is 14.2. The second-order valence-corrected chi connectivity index (χ2v) is 4.64. The topological polar surface area (TPSA) is 39.1 Å². The lowest BCUT2D eigenvalue weighted by molar-refractivity contribution is 0.133. The lowest BCUT2D eigenvalue weighted by atomic mass is 10.1. The molecule has 4 nitrogen and oxygen atoms in total. The van der Waals surface area contributed by atoms with Crippen molar-refractivity contribution >= 4 is 0 Å². The van der Waals surface area contributed by atoms with Gasteiger partial charge in [-0.2, -0.15) is 0 Å². The van der Waals surface area contributed by atoms with Gasteiger partial charge in [-0.05, 0) is 25.0 Å². The van der Waals surface area contributed by atoms with Gasteiger partial charge < -0.3 is 14.6 Å². The van der Waals surface area contributed by atoms with Crippen molar-refractivity contribution in [1.82, 2.24) is 14.9 Å². The molecule has 0 amide bonds. The van der Waals surface area contributed by atoms with Gasteiger partial charge >= 0.3 is 0 Å². The van der Waals surface area contributed by atoms with Crippen LogP contribution in [-0.2, 0) is 31.0 Å². The normalized spacial score (nSPS) is 10.9. The van der Waals surface area contributed by atoms with Gasteiger partial charge in [0.2, 0.25) is 0 Å². The number of hydrogen-bond acceptors (Lipinski definition) is 3. The molecule has 2 rings (SSSR count). The number of hydrogen-bond donors (Lipinski definition) is 1. The van der Waals surface area contributed by atoms with E-state index in [0.29, 0.717) is 6.61 Å². The number of benzene rings is 1. The molecule has 0 bridgehead atoms. The van der Waals surface area contributed by atoms with Gasteiger partial charge in [-0.3, -0.25) is 0 Å². The second-order valence-electron chi connectivity index (χ2n) is 4.64. The molecule has 2 aromatic rings. The Bertz CT molecular complexity index is 522. The molecule has 0 saturated heterocycles. The summed E-state index contributed by atoms with van der Waals surface area (Å²) in [5, 5.41) is 3.46. The van der Waals surface area contributed by atoms with Gasteiger partial charge in [-0.15, -0.1) is 0 Å². The number of nitrogens with one attached hydrogen (secondary N) is 1. The van der Waals surface area contributed by atoms with E-state index < -0.39 is 0 Å². The monoisotopic (exact) mass is 273 g/mol. The van der Waals surface area contributed by atoms with Crippen LogP contribution in [0.25, 0.3) is 0 Å². The Balaban J connectivity index is 1.90. The Morgan fingerprint density at radius 3 is 2.70 bits per heavy atom. The van der Waals surface area contributed by atoms with Crippen LogP contribution in [0.5, 0.6) is 0 Å². The summed E-state index contributed by atoms with van der Waals surface area (Å²) in [5.74, 6) is 1.08. The fourth-order valence-corrected chi connectivity index (χ4v) is 2.19. The van der Waals surface area contributed by atoms with E-state index in [2.05, 4.69) is 46.1 Å². The Morgan fingerprint density at radius 1 is 1.15 bits per heavy atom. The molecule has 0 fully saturated rings. The minimum Gasteiger partial charge on any atom is -0.377 e. The van der Waals surface area contributed by atoms with Crippen LogP contribution in [0.15, 0.2) is 36.7 Å². The highest BCUT2D eigenvalue weighted by Gasteiger charge is 2.03. The highest BCUT2D eigenvalue weighted by Crippen LogP contribution is 2.10. The fourth-order valence-electron chi connectivity index (χ4n) is 2.19. The van der Waals surface area contributed by atoms with Crippen LogP contribution in [0.1, 0.15) is 30.8 Å². The molecule has 0 spiro atoms. The molecule has 1 aromatic carbocycles. The molecule has 0 aliphatic rings. The predicted octanol–water partition coefficient (Wildman–Crippen LogP) is 2.73. The van der Waals surface area contributed by atoms with Gasteiger partial charge in [0.05, 0.1) is 13.2 Å². The third kappa shape index (κ3) is 3.92. The van der Waals surface area contributed by atoms with Crippen molar-refractivity contribution < 1.29 is 4.74 Å². The third-order valence-electron chi connectivity index (χ3n) is 3.32. The largest absolute Gasteiger partial charge is 0.377 e. The first-order valence-electron chi connectivity index (χ1n) is 7.20. The standard InChI is InChI=1S/C16H23N3O/c1-3-19-10-9-18-16(19)12-17-11-14-7-5-6-8-15(14)13-20-4-2/h5-10,17H,3-4,11-13H2,1-2H3. The van der Waals surface area contributed by atoms with Gasteiger partial charge in [0.25, 0.3) is 0 Å². The average Bonchev–Trinajstić information content (AvgIpc) is 2.94. The van der Waals surface area contributed by atoms with Gasteiger partial charge in [-0.1, -0.05) is 24.3 Å². The predicted molar refractivity (Wildman–Crippen MR) is 80.2 cm³/mol. The van der Waals surface area contributed by atoms with E-state index in [1.807, 2.05) is 19.3 Å². The lowest BCUT2D eigenvalue weighted by Gasteiger charge is -2.11. The smallest absolute Gasteiger partial charge is 0.122 e. The zero-order valence-corrected chi connectivity index (χ0v) is 12.3. The maximum absolute atomic E-state index is 5.50. The van der Waals surface area contributed by atoms with Gasteiger partial charge in [0, 0.05) is 32.1 Å². The molecule has 0 unspecified atom stereocenters. The van der Waals surface area contributed by atoms with E-state index in [1.165, 1.54) is 11.1 Å². The van der Waals surface area contributed by atoms with E-state index in [9.17, 15) is 0 Å². The van der Waals surface area contributed by atoms with E-state index in [4.69, 9.17) is 4.74 Å². The van der Waals surface area contributed by atoms with Crippen molar-refractivity contribution in [3.63, 3.8) is 0 Å². The van der Waals surface area contributed by atoms with Crippen LogP contribution in [0, 0.1) is 0 Å². The maximum Gasteiger partial charge on any atom is 0.122 e. The highest BCUT2D eigenvalue weighted by molar-refractivity contribution is 5.26. The summed E-state index contributed by atoms with van der Waals surface area (Å²) in [6, 6.07) is 8.40. The number of ether oxygens (including phenoxy) is 1. The molecule has 1 N–H and O–H groups in total. The molecule has 0 saturated carbocycles. The average molecular weight is 273 g/mol. The quantitative estimate of drug-likeness (QED) is 0.804. The highest BCUT2D eigenvalue weighted by atomic mass is 16.5. The van der Waals surface area contributed by atoms with Crippen molar-refractivity contribution in [1.29, 1.82) is 0 Å². The number of imidazole rings is 1. The third-order valence-corrected chi connectivity index (χ3v) is 3.32. The maximum atomic E-state index is 5.50. The van der Waals surface area contributed by atoms with E-state index in [1.54, 1.807) is 0 Å². The first kappa shape index (κ1) is 14.8. The first-order valence-corrected chi connectivity index (χ1v) is 7.20. The first-order chi connectivity index (χ1) is 9.85. The summed E-state index contributed by atoms with van der Waals surface area (Å²) in [7, 11) is 0. The molecular weight excluding hydrogens is 250 g/mol. The van der Waals surface area contributed by atoms with Crippen molar-refractivity contribution in [3.05, 3.63) is 53.6 Å². The SMILES string of the molecule is CCOCc1ccccc1CNCc1nccn1CC. The van der Waals surface area contributed by atoms with E-state index in [0.717, 1.165) is 32.1 Å². The zero-order valence-electron chi connectivity index (χ0n) is 12.3. The summed E-state index contributed by atoms with van der Waals surface area (Å²) in [6.45, 7) is 8.14. The van der Waals surface area contributed by atoms with Gasteiger partial charge in [-0.25, -0.2) is 4.98 Å². The Morgan fingerprint density at radius 2 is 1.95 bits per heavy atom. The molecule has 4 heteroatoms. The summed E-state index contributed by atoms with van der Waals surface area (Å²) in [4.78, 5) is 4.37. The molecule has 108 valence electrons. The number of rotatable bonds is 8. The summed E-state index contributed by atoms with van der Waals surface area (Å²) in [6.07, 6.45) is 3.86. The Kier molecular flexibility index (Phi) is 5.77. The van der Waals surface area contributed by atoms with E-state index >= 15 is 0 Å². The van der Waals surface area contributed by atoms with Crippen LogP contribution in [-0.4, -0.2) is 16.2 Å². The Labute approximate surface area is 120 Å². The lowest BCUT2D eigenvalue weighted by Crippen LogP contribution is -2.17.